The second-order valence-corrected chi connectivity index (χ2v) is 6.85. The maximum Gasteiger partial charge on any atom is 0.368 e. The van der Waals surface area contributed by atoms with Crippen LogP contribution in [0.1, 0.15) is 32.1 Å². The van der Waals surface area contributed by atoms with Crippen LogP contribution in [-0.2, 0) is 0 Å². The fourth-order valence-corrected chi connectivity index (χ4v) is 3.11. The van der Waals surface area contributed by atoms with Crippen LogP contribution in [0.2, 0.25) is 0 Å². The van der Waals surface area contributed by atoms with Crippen LogP contribution in [-0.4, -0.2) is 21.5 Å². The predicted molar refractivity (Wildman–Crippen MR) is 116 cm³/mol. The Hall–Kier alpha value is -4.32. The molecular weight excluding hydrogens is 392 g/mol. The normalized spacial score (nSPS) is 10.5. The van der Waals surface area contributed by atoms with Crippen LogP contribution < -0.4 is 10.2 Å². The van der Waals surface area contributed by atoms with E-state index in [9.17, 15) is 14.4 Å². The highest BCUT2D eigenvalue weighted by molar-refractivity contribution is 6.09. The second-order valence-electron chi connectivity index (χ2n) is 6.85. The summed E-state index contributed by atoms with van der Waals surface area (Å²) in [6.07, 6.45) is 0. The summed E-state index contributed by atoms with van der Waals surface area (Å²) in [5, 5.41) is 4.20. The highest BCUT2D eigenvalue weighted by atomic mass is 16.5. The van der Waals surface area contributed by atoms with E-state index in [-0.39, 0.29) is 17.2 Å². The van der Waals surface area contributed by atoms with Crippen molar-refractivity contribution in [2.75, 3.05) is 0 Å². The zero-order valence-corrected chi connectivity index (χ0v) is 16.7. The van der Waals surface area contributed by atoms with Crippen molar-refractivity contribution in [3.8, 4) is 11.4 Å². The van der Waals surface area contributed by atoms with E-state index in [0.29, 0.717) is 16.8 Å². The Bertz CT molecular complexity index is 1300. The average Bonchev–Trinajstić information content (AvgIpc) is 2.80. The number of nitrogens with zero attached hydrogens (tertiary/aromatic N) is 2. The van der Waals surface area contributed by atoms with Crippen molar-refractivity contribution in [2.45, 2.75) is 6.92 Å². The van der Waals surface area contributed by atoms with E-state index in [1.807, 2.05) is 36.4 Å². The van der Waals surface area contributed by atoms with Crippen molar-refractivity contribution in [2.24, 2.45) is 0 Å². The molecule has 1 heterocycles. The molecule has 0 fully saturated rings. The van der Waals surface area contributed by atoms with E-state index in [0.717, 1.165) is 5.69 Å². The van der Waals surface area contributed by atoms with E-state index in [4.69, 9.17) is 4.74 Å². The van der Waals surface area contributed by atoms with E-state index < -0.39 is 11.4 Å². The van der Waals surface area contributed by atoms with Crippen molar-refractivity contribution in [1.82, 2.24) is 9.78 Å². The maximum atomic E-state index is 12.6. The molecule has 0 N–H and O–H groups in total. The highest BCUT2D eigenvalue weighted by Gasteiger charge is 2.18. The Labute approximate surface area is 178 Å². The number of hydrogen-bond acceptors (Lipinski definition) is 5. The zero-order valence-electron chi connectivity index (χ0n) is 16.7. The molecule has 0 aliphatic rings. The van der Waals surface area contributed by atoms with Crippen molar-refractivity contribution < 1.29 is 14.3 Å². The number of para-hydroxylation sites is 1. The van der Waals surface area contributed by atoms with Crippen molar-refractivity contribution >= 4 is 11.8 Å². The van der Waals surface area contributed by atoms with E-state index in [2.05, 4.69) is 5.10 Å². The Kier molecular flexibility index (Phi) is 5.53. The summed E-state index contributed by atoms with van der Waals surface area (Å²) in [5.74, 6) is -0.788. The molecule has 0 bridgehead atoms. The Morgan fingerprint density at radius 1 is 0.806 bits per heavy atom. The molecule has 0 amide bonds. The SMILES string of the molecule is Cc1cc(=O)c(C(=O)Oc2ccc(C(=O)c3ccccc3)cc2)nn1-c1ccccc1. The number of carbonyl (C=O) groups is 2. The van der Waals surface area contributed by atoms with E-state index in [1.54, 1.807) is 43.3 Å². The smallest absolute Gasteiger partial charge is 0.368 e. The lowest BCUT2D eigenvalue weighted by atomic mass is 10.0. The van der Waals surface area contributed by atoms with Crippen LogP contribution >= 0.6 is 0 Å². The summed E-state index contributed by atoms with van der Waals surface area (Å²) >= 11 is 0. The minimum Gasteiger partial charge on any atom is -0.422 e. The number of hydrogen-bond donors (Lipinski definition) is 0. The molecule has 0 aliphatic heterocycles. The molecular formula is C25H18N2O4. The summed E-state index contributed by atoms with van der Waals surface area (Å²) in [5.41, 5.74) is 1.50. The number of rotatable bonds is 5. The topological polar surface area (TPSA) is 78.3 Å². The number of ether oxygens (including phenoxy) is 1. The lowest BCUT2D eigenvalue weighted by Crippen LogP contribution is -2.25. The van der Waals surface area contributed by atoms with Crippen LogP contribution in [0, 0.1) is 6.92 Å². The molecule has 0 saturated heterocycles. The molecule has 3 aromatic carbocycles. The monoisotopic (exact) mass is 410 g/mol. The van der Waals surface area contributed by atoms with Crippen molar-refractivity contribution in [3.05, 3.63) is 124 Å². The summed E-state index contributed by atoms with van der Waals surface area (Å²) < 4.78 is 6.84. The van der Waals surface area contributed by atoms with E-state index in [1.165, 1.54) is 22.9 Å². The molecule has 0 spiro atoms. The first-order chi connectivity index (χ1) is 15.0. The summed E-state index contributed by atoms with van der Waals surface area (Å²) in [6, 6.07) is 25.6. The van der Waals surface area contributed by atoms with E-state index >= 15 is 0 Å². The molecule has 1 aromatic heterocycles. The van der Waals surface area contributed by atoms with Gasteiger partial charge in [0.1, 0.15) is 5.75 Å². The summed E-state index contributed by atoms with van der Waals surface area (Å²) in [6.45, 7) is 1.74. The number of carbonyl (C=O) groups excluding carboxylic acids is 2. The Morgan fingerprint density at radius 2 is 1.39 bits per heavy atom. The fraction of sp³-hybridized carbons (Fsp3) is 0.0400. The van der Waals surface area contributed by atoms with Gasteiger partial charge in [-0.15, -0.1) is 0 Å². The quantitative estimate of drug-likeness (QED) is 0.282. The van der Waals surface area contributed by atoms with Crippen LogP contribution in [0.5, 0.6) is 5.75 Å². The summed E-state index contributed by atoms with van der Waals surface area (Å²) in [7, 11) is 0. The van der Waals surface area contributed by atoms with Gasteiger partial charge in [-0.1, -0.05) is 48.5 Å². The number of aryl methyl sites for hydroxylation is 1. The van der Waals surface area contributed by atoms with Crippen molar-refractivity contribution in [3.63, 3.8) is 0 Å². The lowest BCUT2D eigenvalue weighted by Gasteiger charge is -2.11. The van der Waals surface area contributed by atoms with Crippen LogP contribution in [0.25, 0.3) is 5.69 Å². The van der Waals surface area contributed by atoms with Gasteiger partial charge in [-0.2, -0.15) is 5.10 Å². The summed E-state index contributed by atoms with van der Waals surface area (Å²) in [4.78, 5) is 37.4. The third kappa shape index (κ3) is 4.33. The average molecular weight is 410 g/mol. The van der Waals surface area contributed by atoms with Gasteiger partial charge in [0.15, 0.2) is 5.78 Å². The maximum absolute atomic E-state index is 12.6. The zero-order chi connectivity index (χ0) is 21.8. The van der Waals surface area contributed by atoms with Gasteiger partial charge in [0.2, 0.25) is 11.1 Å². The molecule has 4 rings (SSSR count). The molecule has 152 valence electrons. The Balaban J connectivity index is 1.56. The van der Waals surface area contributed by atoms with Crippen LogP contribution in [0.15, 0.2) is 95.8 Å². The first-order valence-electron chi connectivity index (χ1n) is 9.61. The van der Waals surface area contributed by atoms with Gasteiger partial charge in [-0.05, 0) is 43.3 Å². The lowest BCUT2D eigenvalue weighted by molar-refractivity contribution is 0.0725. The van der Waals surface area contributed by atoms with Gasteiger partial charge >= 0.3 is 5.97 Å². The van der Waals surface area contributed by atoms with Crippen molar-refractivity contribution in [1.29, 1.82) is 0 Å². The van der Waals surface area contributed by atoms with Gasteiger partial charge < -0.3 is 4.74 Å². The largest absolute Gasteiger partial charge is 0.422 e. The first kappa shape index (κ1) is 20.0. The predicted octanol–water partition coefficient (Wildman–Crippen LogP) is 3.99. The van der Waals surface area contributed by atoms with Crippen LogP contribution in [0.4, 0.5) is 0 Å². The molecule has 6 nitrogen and oxygen atoms in total. The minimum atomic E-state index is -0.864. The number of aromatic nitrogens is 2. The molecule has 4 aromatic rings. The second kappa shape index (κ2) is 8.59. The molecule has 0 aliphatic carbocycles. The van der Waals surface area contributed by atoms with Gasteiger partial charge in [0, 0.05) is 22.9 Å². The Morgan fingerprint density at radius 3 is 2.03 bits per heavy atom. The first-order valence-corrected chi connectivity index (χ1v) is 9.61. The van der Waals surface area contributed by atoms with Gasteiger partial charge in [-0.3, -0.25) is 9.59 Å². The highest BCUT2D eigenvalue weighted by Crippen LogP contribution is 2.16. The molecule has 0 atom stereocenters. The molecule has 0 saturated carbocycles. The fourth-order valence-electron chi connectivity index (χ4n) is 3.11. The number of ketones is 1. The van der Waals surface area contributed by atoms with Gasteiger partial charge in [0.25, 0.3) is 0 Å². The standard InChI is InChI=1S/C25H18N2O4/c1-17-16-22(28)23(26-27(17)20-10-6-3-7-11-20)25(30)31-21-14-12-19(13-15-21)24(29)18-8-4-2-5-9-18/h2-16H,1H3. The number of benzene rings is 3. The van der Waals surface area contributed by atoms with Gasteiger partial charge in [-0.25, -0.2) is 9.48 Å². The molecule has 6 heteroatoms. The third-order valence-corrected chi connectivity index (χ3v) is 4.66. The van der Waals surface area contributed by atoms with Gasteiger partial charge in [0.05, 0.1) is 5.69 Å². The minimum absolute atomic E-state index is 0.135. The third-order valence-electron chi connectivity index (χ3n) is 4.66. The number of esters is 1. The molecule has 0 unspecified atom stereocenters. The van der Waals surface area contributed by atoms with Crippen LogP contribution in [0.3, 0.4) is 0 Å². The molecule has 31 heavy (non-hydrogen) atoms. The molecule has 0 radical (unpaired) electrons.